The monoisotopic (exact) mass is 396 g/mol. The van der Waals surface area contributed by atoms with Crippen LogP contribution in [0.3, 0.4) is 0 Å². The van der Waals surface area contributed by atoms with Gasteiger partial charge in [0.1, 0.15) is 5.82 Å². The second-order valence-electron chi connectivity index (χ2n) is 5.76. The van der Waals surface area contributed by atoms with Crippen molar-refractivity contribution < 1.29 is 22.4 Å². The van der Waals surface area contributed by atoms with E-state index in [0.29, 0.717) is 18.3 Å². The van der Waals surface area contributed by atoms with Crippen LogP contribution < -0.4 is 16.0 Å². The Morgan fingerprint density at radius 3 is 2.43 bits per heavy atom. The van der Waals surface area contributed by atoms with E-state index in [4.69, 9.17) is 0 Å². The second kappa shape index (κ2) is 9.72. The second-order valence-corrected chi connectivity index (χ2v) is 5.76. The number of halogens is 4. The molecule has 0 aliphatic carbocycles. The molecule has 2 aromatic rings. The molecule has 0 fully saturated rings. The van der Waals surface area contributed by atoms with Crippen LogP contribution in [-0.2, 0) is 17.5 Å². The van der Waals surface area contributed by atoms with Crippen molar-refractivity contribution in [1.82, 2.24) is 10.6 Å². The van der Waals surface area contributed by atoms with Gasteiger partial charge in [-0.05, 0) is 36.8 Å². The van der Waals surface area contributed by atoms with Crippen LogP contribution in [0.1, 0.15) is 18.1 Å². The molecule has 2 rings (SSSR count). The quantitative estimate of drug-likeness (QED) is 0.398. The van der Waals surface area contributed by atoms with E-state index >= 15 is 0 Å². The standard InChI is InChI=1S/C19H20F4N4O/c1-2-24-18(26-12-17(28)27-15-6-4-3-5-7-15)25-11-13-8-9-14(20)10-16(13)19(21,22)23/h3-10H,2,11-12H2,1H3,(H,27,28)(H2,24,25,26). The van der Waals surface area contributed by atoms with E-state index in [1.807, 2.05) is 6.07 Å². The van der Waals surface area contributed by atoms with Gasteiger partial charge in [-0.3, -0.25) is 4.79 Å². The lowest BCUT2D eigenvalue weighted by Gasteiger charge is -2.14. The van der Waals surface area contributed by atoms with Gasteiger partial charge in [0.15, 0.2) is 5.96 Å². The molecule has 0 radical (unpaired) electrons. The van der Waals surface area contributed by atoms with Gasteiger partial charge in [0.05, 0.1) is 18.7 Å². The first-order chi connectivity index (χ1) is 13.3. The summed E-state index contributed by atoms with van der Waals surface area (Å²) in [6, 6.07) is 11.3. The van der Waals surface area contributed by atoms with E-state index < -0.39 is 17.6 Å². The number of nitrogens with one attached hydrogen (secondary N) is 3. The van der Waals surface area contributed by atoms with Gasteiger partial charge in [0, 0.05) is 12.2 Å². The van der Waals surface area contributed by atoms with Crippen LogP contribution in [0, 0.1) is 5.82 Å². The molecule has 2 aromatic carbocycles. The number of nitrogens with zero attached hydrogens (tertiary/aromatic N) is 1. The molecule has 0 atom stereocenters. The normalized spacial score (nSPS) is 11.8. The van der Waals surface area contributed by atoms with Gasteiger partial charge in [0.25, 0.3) is 0 Å². The van der Waals surface area contributed by atoms with E-state index in [0.717, 1.165) is 12.1 Å². The third-order valence-corrected chi connectivity index (χ3v) is 3.60. The average molecular weight is 396 g/mol. The maximum absolute atomic E-state index is 13.2. The Morgan fingerprint density at radius 2 is 1.79 bits per heavy atom. The largest absolute Gasteiger partial charge is 0.416 e. The van der Waals surface area contributed by atoms with Gasteiger partial charge >= 0.3 is 6.18 Å². The Kier molecular flexibility index (Phi) is 7.36. The van der Waals surface area contributed by atoms with Crippen LogP contribution >= 0.6 is 0 Å². The Hall–Kier alpha value is -3.10. The Morgan fingerprint density at radius 1 is 1.07 bits per heavy atom. The number of anilines is 1. The number of guanidine groups is 1. The molecule has 5 nitrogen and oxygen atoms in total. The SMILES string of the molecule is CCNC(=NCc1ccc(F)cc1C(F)(F)F)NCC(=O)Nc1ccccc1. The van der Waals surface area contributed by atoms with Crippen LogP contribution in [0.25, 0.3) is 0 Å². The molecule has 0 saturated carbocycles. The lowest BCUT2D eigenvalue weighted by atomic mass is 10.1. The summed E-state index contributed by atoms with van der Waals surface area (Å²) < 4.78 is 52.4. The minimum absolute atomic E-state index is 0.129. The molecule has 0 unspecified atom stereocenters. The molecule has 0 spiro atoms. The first-order valence-corrected chi connectivity index (χ1v) is 8.52. The molecule has 0 aliphatic heterocycles. The summed E-state index contributed by atoms with van der Waals surface area (Å²) in [5, 5.41) is 8.27. The van der Waals surface area contributed by atoms with Crippen molar-refractivity contribution in [2.75, 3.05) is 18.4 Å². The van der Waals surface area contributed by atoms with E-state index in [1.165, 1.54) is 0 Å². The summed E-state index contributed by atoms with van der Waals surface area (Å²) in [6.45, 7) is 1.77. The number of hydrogen-bond donors (Lipinski definition) is 3. The number of rotatable bonds is 6. The molecule has 0 bridgehead atoms. The lowest BCUT2D eigenvalue weighted by Crippen LogP contribution is -2.41. The fourth-order valence-electron chi connectivity index (χ4n) is 2.35. The zero-order valence-corrected chi connectivity index (χ0v) is 15.1. The summed E-state index contributed by atoms with van der Waals surface area (Å²) in [6.07, 6.45) is -4.69. The van der Waals surface area contributed by atoms with Gasteiger partial charge in [-0.2, -0.15) is 13.2 Å². The van der Waals surface area contributed by atoms with Crippen molar-refractivity contribution in [3.8, 4) is 0 Å². The molecule has 0 aliphatic rings. The number of hydrogen-bond acceptors (Lipinski definition) is 2. The molecule has 0 saturated heterocycles. The fraction of sp³-hybridized carbons (Fsp3) is 0.263. The van der Waals surface area contributed by atoms with Crippen LogP contribution in [0.15, 0.2) is 53.5 Å². The maximum Gasteiger partial charge on any atom is 0.416 e. The van der Waals surface area contributed by atoms with E-state index in [2.05, 4.69) is 20.9 Å². The molecule has 0 aromatic heterocycles. The summed E-state index contributed by atoms with van der Waals surface area (Å²) in [7, 11) is 0. The van der Waals surface area contributed by atoms with Crippen molar-refractivity contribution in [2.24, 2.45) is 4.99 Å². The molecule has 9 heteroatoms. The van der Waals surface area contributed by atoms with Crippen molar-refractivity contribution in [3.05, 3.63) is 65.5 Å². The summed E-state index contributed by atoms with van der Waals surface area (Å²) in [4.78, 5) is 16.0. The van der Waals surface area contributed by atoms with Crippen molar-refractivity contribution in [1.29, 1.82) is 0 Å². The maximum atomic E-state index is 13.2. The number of benzene rings is 2. The van der Waals surface area contributed by atoms with Gasteiger partial charge in [-0.15, -0.1) is 0 Å². The lowest BCUT2D eigenvalue weighted by molar-refractivity contribution is -0.138. The van der Waals surface area contributed by atoms with Crippen LogP contribution in [-0.4, -0.2) is 25.0 Å². The number of amides is 1. The average Bonchev–Trinajstić information content (AvgIpc) is 2.65. The first kappa shape index (κ1) is 21.2. The summed E-state index contributed by atoms with van der Waals surface area (Å²) >= 11 is 0. The van der Waals surface area contributed by atoms with Crippen molar-refractivity contribution >= 4 is 17.6 Å². The van der Waals surface area contributed by atoms with Crippen LogP contribution in [0.4, 0.5) is 23.2 Å². The molecule has 28 heavy (non-hydrogen) atoms. The Bertz CT molecular complexity index is 822. The molecule has 3 N–H and O–H groups in total. The molecule has 1 amide bonds. The molecule has 0 heterocycles. The molecular weight excluding hydrogens is 376 g/mol. The summed E-state index contributed by atoms with van der Waals surface area (Å²) in [5.74, 6) is -1.14. The van der Waals surface area contributed by atoms with Gasteiger partial charge < -0.3 is 16.0 Å². The number of carbonyl (C=O) groups excluding carboxylic acids is 1. The van der Waals surface area contributed by atoms with E-state index in [-0.39, 0.29) is 30.5 Å². The van der Waals surface area contributed by atoms with Gasteiger partial charge in [0.2, 0.25) is 5.91 Å². The highest BCUT2D eigenvalue weighted by Crippen LogP contribution is 2.32. The minimum Gasteiger partial charge on any atom is -0.357 e. The predicted molar refractivity (Wildman–Crippen MR) is 99.3 cm³/mol. The van der Waals surface area contributed by atoms with Crippen molar-refractivity contribution in [3.63, 3.8) is 0 Å². The zero-order chi connectivity index (χ0) is 20.6. The van der Waals surface area contributed by atoms with Crippen LogP contribution in [0.5, 0.6) is 0 Å². The Labute approximate surface area is 159 Å². The van der Waals surface area contributed by atoms with E-state index in [1.54, 1.807) is 31.2 Å². The highest BCUT2D eigenvalue weighted by molar-refractivity contribution is 5.94. The summed E-state index contributed by atoms with van der Waals surface area (Å²) in [5.41, 5.74) is -0.619. The number of alkyl halides is 3. The fourth-order valence-corrected chi connectivity index (χ4v) is 2.35. The van der Waals surface area contributed by atoms with Gasteiger partial charge in [-0.25, -0.2) is 9.38 Å². The van der Waals surface area contributed by atoms with E-state index in [9.17, 15) is 22.4 Å². The number of aliphatic imine (C=N–C) groups is 1. The van der Waals surface area contributed by atoms with Gasteiger partial charge in [-0.1, -0.05) is 24.3 Å². The predicted octanol–water partition coefficient (Wildman–Crippen LogP) is 3.54. The Balaban J connectivity index is 2.03. The third kappa shape index (κ3) is 6.57. The molecule has 150 valence electrons. The topological polar surface area (TPSA) is 65.5 Å². The first-order valence-electron chi connectivity index (χ1n) is 8.52. The van der Waals surface area contributed by atoms with Crippen LogP contribution in [0.2, 0.25) is 0 Å². The number of carbonyl (C=O) groups is 1. The minimum atomic E-state index is -4.69. The zero-order valence-electron chi connectivity index (χ0n) is 15.1. The number of para-hydroxylation sites is 1. The highest BCUT2D eigenvalue weighted by atomic mass is 19.4. The highest BCUT2D eigenvalue weighted by Gasteiger charge is 2.33. The molecular formula is C19H20F4N4O. The van der Waals surface area contributed by atoms with Crippen molar-refractivity contribution in [2.45, 2.75) is 19.6 Å². The third-order valence-electron chi connectivity index (χ3n) is 3.60. The smallest absolute Gasteiger partial charge is 0.357 e.